The van der Waals surface area contributed by atoms with Gasteiger partial charge in [0.25, 0.3) is 5.56 Å². The third-order valence-corrected chi connectivity index (χ3v) is 4.82. The molecule has 3 aromatic heterocycles. The summed E-state index contributed by atoms with van der Waals surface area (Å²) in [5.74, 6) is 0.627. The van der Waals surface area contributed by atoms with Crippen LogP contribution in [0.5, 0.6) is 0 Å². The molecule has 0 aromatic carbocycles. The van der Waals surface area contributed by atoms with E-state index in [9.17, 15) is 4.79 Å². The summed E-state index contributed by atoms with van der Waals surface area (Å²) >= 11 is 1.70. The lowest BCUT2D eigenvalue weighted by atomic mass is 10.1. The van der Waals surface area contributed by atoms with Crippen molar-refractivity contribution in [3.05, 3.63) is 68.5 Å². The highest BCUT2D eigenvalue weighted by molar-refractivity contribution is 7.07. The zero-order valence-corrected chi connectivity index (χ0v) is 13.3. The molecule has 0 amide bonds. The van der Waals surface area contributed by atoms with E-state index in [1.54, 1.807) is 23.7 Å². The maximum absolute atomic E-state index is 12.5. The fourth-order valence-corrected chi connectivity index (χ4v) is 3.56. The Kier molecular flexibility index (Phi) is 3.77. The zero-order chi connectivity index (χ0) is 15.6. The van der Waals surface area contributed by atoms with Crippen LogP contribution in [0.3, 0.4) is 0 Å². The molecular formula is C17H16N4OS. The van der Waals surface area contributed by atoms with Gasteiger partial charge in [-0.05, 0) is 34.5 Å². The number of aromatic amines is 1. The molecule has 0 saturated heterocycles. The highest BCUT2D eigenvalue weighted by Gasteiger charge is 2.21. The van der Waals surface area contributed by atoms with Gasteiger partial charge in [0.15, 0.2) is 0 Å². The van der Waals surface area contributed by atoms with Gasteiger partial charge < -0.3 is 4.98 Å². The number of nitrogens with zero attached hydrogens (tertiary/aromatic N) is 3. The minimum absolute atomic E-state index is 0.0307. The van der Waals surface area contributed by atoms with E-state index in [0.717, 1.165) is 36.3 Å². The van der Waals surface area contributed by atoms with E-state index in [2.05, 4.69) is 36.7 Å². The largest absolute Gasteiger partial charge is 0.306 e. The molecule has 116 valence electrons. The summed E-state index contributed by atoms with van der Waals surface area (Å²) in [7, 11) is 0. The summed E-state index contributed by atoms with van der Waals surface area (Å²) in [5, 5.41) is 4.24. The normalized spacial score (nSPS) is 14.6. The standard InChI is InChI=1S/C17H16N4OS/c22-17-14-10-21(9-12-4-8-23-11-12)7-3-15(14)19-16(20-17)13-1-5-18-6-2-13/h1-2,4-6,8,11H,3,7,9-10H2,(H,19,20,22). The molecule has 3 aromatic rings. The molecule has 0 unspecified atom stereocenters. The molecule has 0 bridgehead atoms. The molecule has 5 nitrogen and oxygen atoms in total. The Balaban J connectivity index is 1.62. The first kappa shape index (κ1) is 14.3. The van der Waals surface area contributed by atoms with Crippen molar-refractivity contribution in [3.8, 4) is 11.4 Å². The smallest absolute Gasteiger partial charge is 0.255 e. The minimum Gasteiger partial charge on any atom is -0.306 e. The predicted molar refractivity (Wildman–Crippen MR) is 90.2 cm³/mol. The lowest BCUT2D eigenvalue weighted by Gasteiger charge is -2.27. The maximum Gasteiger partial charge on any atom is 0.255 e. The molecular weight excluding hydrogens is 308 g/mol. The molecule has 0 radical (unpaired) electrons. The Morgan fingerprint density at radius 2 is 2.13 bits per heavy atom. The van der Waals surface area contributed by atoms with Crippen molar-refractivity contribution in [2.24, 2.45) is 0 Å². The molecule has 23 heavy (non-hydrogen) atoms. The van der Waals surface area contributed by atoms with Crippen molar-refractivity contribution in [1.82, 2.24) is 19.9 Å². The van der Waals surface area contributed by atoms with Gasteiger partial charge in [0.05, 0.1) is 11.3 Å². The summed E-state index contributed by atoms with van der Waals surface area (Å²) in [4.78, 5) is 26.3. The van der Waals surface area contributed by atoms with Crippen LogP contribution < -0.4 is 5.56 Å². The van der Waals surface area contributed by atoms with Gasteiger partial charge in [0.2, 0.25) is 0 Å². The van der Waals surface area contributed by atoms with Crippen molar-refractivity contribution >= 4 is 11.3 Å². The van der Waals surface area contributed by atoms with Crippen molar-refractivity contribution in [2.75, 3.05) is 6.54 Å². The van der Waals surface area contributed by atoms with E-state index in [4.69, 9.17) is 0 Å². The van der Waals surface area contributed by atoms with Crippen molar-refractivity contribution < 1.29 is 0 Å². The second kappa shape index (κ2) is 6.06. The number of aromatic nitrogens is 3. The van der Waals surface area contributed by atoms with E-state index < -0.39 is 0 Å². The van der Waals surface area contributed by atoms with Gasteiger partial charge in [-0.25, -0.2) is 4.98 Å². The molecule has 1 N–H and O–H groups in total. The topological polar surface area (TPSA) is 61.9 Å². The molecule has 1 aliphatic rings. The van der Waals surface area contributed by atoms with Gasteiger partial charge in [-0.1, -0.05) is 0 Å². The molecule has 0 spiro atoms. The van der Waals surface area contributed by atoms with E-state index >= 15 is 0 Å². The number of hydrogen-bond acceptors (Lipinski definition) is 5. The number of fused-ring (bicyclic) bond motifs is 1. The first-order chi connectivity index (χ1) is 11.3. The van der Waals surface area contributed by atoms with E-state index in [1.165, 1.54) is 5.56 Å². The minimum atomic E-state index is -0.0307. The van der Waals surface area contributed by atoms with Crippen LogP contribution >= 0.6 is 11.3 Å². The molecule has 4 heterocycles. The van der Waals surface area contributed by atoms with Gasteiger partial charge in [0.1, 0.15) is 5.82 Å². The zero-order valence-electron chi connectivity index (χ0n) is 12.5. The quantitative estimate of drug-likeness (QED) is 0.804. The van der Waals surface area contributed by atoms with Crippen LogP contribution in [0.15, 0.2) is 46.1 Å². The summed E-state index contributed by atoms with van der Waals surface area (Å²) < 4.78 is 0. The first-order valence-electron chi connectivity index (χ1n) is 7.55. The van der Waals surface area contributed by atoms with Gasteiger partial charge in [0, 0.05) is 44.0 Å². The van der Waals surface area contributed by atoms with Crippen LogP contribution in [-0.2, 0) is 19.5 Å². The van der Waals surface area contributed by atoms with Crippen LogP contribution in [0.25, 0.3) is 11.4 Å². The van der Waals surface area contributed by atoms with Crippen LogP contribution in [0.1, 0.15) is 16.8 Å². The Labute approximate surface area is 137 Å². The van der Waals surface area contributed by atoms with Gasteiger partial charge in [-0.15, -0.1) is 0 Å². The van der Waals surface area contributed by atoms with Crippen molar-refractivity contribution in [1.29, 1.82) is 0 Å². The van der Waals surface area contributed by atoms with E-state index in [-0.39, 0.29) is 5.56 Å². The van der Waals surface area contributed by atoms with Crippen LogP contribution in [0.2, 0.25) is 0 Å². The molecule has 6 heteroatoms. The number of thiophene rings is 1. The van der Waals surface area contributed by atoms with Crippen molar-refractivity contribution in [3.63, 3.8) is 0 Å². The Morgan fingerprint density at radius 3 is 2.91 bits per heavy atom. The number of H-pyrrole nitrogens is 1. The molecule has 0 aliphatic carbocycles. The number of rotatable bonds is 3. The summed E-state index contributed by atoms with van der Waals surface area (Å²) in [6.07, 6.45) is 4.22. The SMILES string of the molecule is O=c1[nH]c(-c2ccncc2)nc2c1CN(Cc1ccsc1)CC2. The van der Waals surface area contributed by atoms with Crippen molar-refractivity contribution in [2.45, 2.75) is 19.5 Å². The Morgan fingerprint density at radius 1 is 1.26 bits per heavy atom. The van der Waals surface area contributed by atoms with Gasteiger partial charge in [-0.3, -0.25) is 14.7 Å². The van der Waals surface area contributed by atoms with Gasteiger partial charge in [-0.2, -0.15) is 11.3 Å². The van der Waals surface area contributed by atoms with Crippen LogP contribution in [0, 0.1) is 0 Å². The summed E-state index contributed by atoms with van der Waals surface area (Å²) in [6.45, 7) is 2.47. The van der Waals surface area contributed by atoms with E-state index in [0.29, 0.717) is 12.4 Å². The molecule has 0 atom stereocenters. The second-order valence-corrected chi connectivity index (χ2v) is 6.45. The van der Waals surface area contributed by atoms with Crippen LogP contribution in [-0.4, -0.2) is 26.4 Å². The van der Waals surface area contributed by atoms with Gasteiger partial charge >= 0.3 is 0 Å². The lowest BCUT2D eigenvalue weighted by molar-refractivity contribution is 0.242. The molecule has 4 rings (SSSR count). The number of pyridine rings is 1. The first-order valence-corrected chi connectivity index (χ1v) is 8.50. The summed E-state index contributed by atoms with van der Waals surface area (Å²) in [6, 6.07) is 5.85. The third-order valence-electron chi connectivity index (χ3n) is 4.09. The maximum atomic E-state index is 12.5. The average molecular weight is 324 g/mol. The van der Waals surface area contributed by atoms with E-state index in [1.807, 2.05) is 12.1 Å². The second-order valence-electron chi connectivity index (χ2n) is 5.67. The monoisotopic (exact) mass is 324 g/mol. The number of nitrogens with one attached hydrogen (secondary N) is 1. The highest BCUT2D eigenvalue weighted by Crippen LogP contribution is 2.20. The molecule has 0 fully saturated rings. The predicted octanol–water partition coefficient (Wildman–Crippen LogP) is 2.45. The lowest BCUT2D eigenvalue weighted by Crippen LogP contribution is -2.35. The highest BCUT2D eigenvalue weighted by atomic mass is 32.1. The fourth-order valence-electron chi connectivity index (χ4n) is 2.90. The summed E-state index contributed by atoms with van der Waals surface area (Å²) in [5.41, 5.74) is 3.88. The fraction of sp³-hybridized carbons (Fsp3) is 0.235. The molecule has 1 aliphatic heterocycles. The number of hydrogen-bond donors (Lipinski definition) is 1. The average Bonchev–Trinajstić information content (AvgIpc) is 3.09. The molecule has 0 saturated carbocycles. The Bertz CT molecular complexity index is 858. The van der Waals surface area contributed by atoms with Crippen LogP contribution in [0.4, 0.5) is 0 Å². The Hall–Kier alpha value is -2.31. The third kappa shape index (κ3) is 2.95.